The van der Waals surface area contributed by atoms with E-state index in [1.165, 1.54) is 12.8 Å². The molecule has 2 aliphatic heterocycles. The fraction of sp³-hybridized carbons (Fsp3) is 0.667. The number of likely N-dealkylation sites (tertiary alicyclic amines) is 1. The Labute approximate surface area is 169 Å². The summed E-state index contributed by atoms with van der Waals surface area (Å²) in [6.45, 7) is 7.09. The summed E-state index contributed by atoms with van der Waals surface area (Å²) in [5, 5.41) is 3.09. The number of hydrogen-bond donors (Lipinski definition) is 1. The number of carbonyl (C=O) groups is 1. The molecule has 2 aliphatic rings. The van der Waals surface area contributed by atoms with Gasteiger partial charge in [0.15, 0.2) is 9.84 Å². The minimum Gasteiger partial charge on any atom is -0.354 e. The van der Waals surface area contributed by atoms with Crippen molar-refractivity contribution in [2.45, 2.75) is 32.2 Å². The Kier molecular flexibility index (Phi) is 7.48. The van der Waals surface area contributed by atoms with E-state index in [1.807, 2.05) is 35.2 Å². The molecule has 28 heavy (non-hydrogen) atoms. The lowest BCUT2D eigenvalue weighted by atomic mass is 10.0. The number of sulfone groups is 1. The zero-order valence-corrected chi connectivity index (χ0v) is 17.7. The van der Waals surface area contributed by atoms with Gasteiger partial charge in [0.25, 0.3) is 0 Å². The average Bonchev–Trinajstić information content (AvgIpc) is 2.68. The Morgan fingerprint density at radius 3 is 2.57 bits per heavy atom. The molecule has 2 unspecified atom stereocenters. The van der Waals surface area contributed by atoms with Gasteiger partial charge in [0.2, 0.25) is 5.91 Å². The average molecular weight is 408 g/mol. The number of benzene rings is 1. The van der Waals surface area contributed by atoms with Gasteiger partial charge in [-0.1, -0.05) is 37.3 Å². The van der Waals surface area contributed by atoms with Gasteiger partial charge in [0, 0.05) is 26.2 Å². The van der Waals surface area contributed by atoms with Gasteiger partial charge in [-0.2, -0.15) is 0 Å². The van der Waals surface area contributed by atoms with Crippen molar-refractivity contribution in [3.63, 3.8) is 0 Å². The van der Waals surface area contributed by atoms with Crippen LogP contribution in [0.4, 0.5) is 0 Å². The highest BCUT2D eigenvalue weighted by Gasteiger charge is 2.32. The van der Waals surface area contributed by atoms with E-state index in [9.17, 15) is 13.2 Å². The molecule has 0 saturated carbocycles. The van der Waals surface area contributed by atoms with Crippen LogP contribution in [0.25, 0.3) is 0 Å². The highest BCUT2D eigenvalue weighted by atomic mass is 32.2. The van der Waals surface area contributed by atoms with Crippen LogP contribution in [0.3, 0.4) is 0 Å². The zero-order chi connectivity index (χ0) is 20.0. The molecule has 1 aromatic rings. The van der Waals surface area contributed by atoms with E-state index in [0.717, 1.165) is 37.5 Å². The summed E-state index contributed by atoms with van der Waals surface area (Å²) in [7, 11) is -2.97. The molecular formula is C21H33N3O3S. The second kappa shape index (κ2) is 9.85. The largest absolute Gasteiger partial charge is 0.354 e. The van der Waals surface area contributed by atoms with Crippen LogP contribution in [0.15, 0.2) is 30.3 Å². The second-order valence-corrected chi connectivity index (χ2v) is 10.5. The molecular weight excluding hydrogens is 374 g/mol. The fourth-order valence-electron chi connectivity index (χ4n) is 4.25. The van der Waals surface area contributed by atoms with Crippen molar-refractivity contribution in [3.05, 3.63) is 35.9 Å². The number of nitrogens with one attached hydrogen (secondary N) is 1. The minimum absolute atomic E-state index is 0.0301. The molecule has 2 heterocycles. The van der Waals surface area contributed by atoms with E-state index < -0.39 is 15.9 Å². The Hall–Kier alpha value is -1.44. The third kappa shape index (κ3) is 6.03. The van der Waals surface area contributed by atoms with E-state index >= 15 is 0 Å². The molecule has 0 aromatic heterocycles. The highest BCUT2D eigenvalue weighted by Crippen LogP contribution is 2.23. The summed E-state index contributed by atoms with van der Waals surface area (Å²) >= 11 is 0. The predicted octanol–water partition coefficient (Wildman–Crippen LogP) is 1.70. The van der Waals surface area contributed by atoms with E-state index in [2.05, 4.69) is 17.1 Å². The SMILES string of the molecule is CC1CCCN(CCCNC(=O)C(c2ccccc2)N2CCS(=O)(=O)CC2)C1. The summed E-state index contributed by atoms with van der Waals surface area (Å²) in [6.07, 6.45) is 3.52. The molecule has 1 aromatic carbocycles. The van der Waals surface area contributed by atoms with Crippen molar-refractivity contribution in [2.75, 3.05) is 50.8 Å². The molecule has 3 rings (SSSR count). The van der Waals surface area contributed by atoms with Crippen molar-refractivity contribution in [1.82, 2.24) is 15.1 Å². The lowest BCUT2D eigenvalue weighted by Gasteiger charge is -2.34. The molecule has 0 spiro atoms. The maximum absolute atomic E-state index is 13.0. The van der Waals surface area contributed by atoms with Crippen LogP contribution >= 0.6 is 0 Å². The maximum atomic E-state index is 13.0. The fourth-order valence-corrected chi connectivity index (χ4v) is 5.48. The van der Waals surface area contributed by atoms with E-state index in [0.29, 0.717) is 19.6 Å². The van der Waals surface area contributed by atoms with Crippen molar-refractivity contribution < 1.29 is 13.2 Å². The van der Waals surface area contributed by atoms with Crippen molar-refractivity contribution in [2.24, 2.45) is 5.92 Å². The summed E-state index contributed by atoms with van der Waals surface area (Å²) in [5.74, 6) is 0.978. The van der Waals surface area contributed by atoms with Gasteiger partial charge >= 0.3 is 0 Å². The number of amides is 1. The Morgan fingerprint density at radius 2 is 1.89 bits per heavy atom. The maximum Gasteiger partial charge on any atom is 0.241 e. The Balaban J connectivity index is 1.55. The molecule has 7 heteroatoms. The van der Waals surface area contributed by atoms with Crippen molar-refractivity contribution >= 4 is 15.7 Å². The minimum atomic E-state index is -2.97. The van der Waals surface area contributed by atoms with Gasteiger partial charge in [-0.3, -0.25) is 9.69 Å². The number of rotatable bonds is 7. The molecule has 2 atom stereocenters. The third-order valence-corrected chi connectivity index (χ3v) is 7.41. The molecule has 0 bridgehead atoms. The number of piperidine rings is 1. The number of carbonyl (C=O) groups excluding carboxylic acids is 1. The van der Waals surface area contributed by atoms with Gasteiger partial charge in [-0.05, 0) is 43.8 Å². The first-order valence-electron chi connectivity index (χ1n) is 10.4. The molecule has 2 saturated heterocycles. The van der Waals surface area contributed by atoms with Gasteiger partial charge in [-0.25, -0.2) is 8.42 Å². The molecule has 1 amide bonds. The Morgan fingerprint density at radius 1 is 1.18 bits per heavy atom. The third-order valence-electron chi connectivity index (χ3n) is 5.80. The van der Waals surface area contributed by atoms with Crippen molar-refractivity contribution in [3.8, 4) is 0 Å². The van der Waals surface area contributed by atoms with Crippen LogP contribution in [0.1, 0.15) is 37.8 Å². The first-order chi connectivity index (χ1) is 13.4. The topological polar surface area (TPSA) is 69.7 Å². The summed E-state index contributed by atoms with van der Waals surface area (Å²) in [6, 6.07) is 9.25. The first kappa shape index (κ1) is 21.3. The standard InChI is InChI=1S/C21H33N3O3S/c1-18-7-5-11-23(17-18)12-6-10-22-21(25)20(19-8-3-2-4-9-19)24-13-15-28(26,27)16-14-24/h2-4,8-9,18,20H,5-7,10-17H2,1H3,(H,22,25). The second-order valence-electron chi connectivity index (χ2n) is 8.19. The highest BCUT2D eigenvalue weighted by molar-refractivity contribution is 7.91. The monoisotopic (exact) mass is 407 g/mol. The predicted molar refractivity (Wildman–Crippen MR) is 112 cm³/mol. The number of nitrogens with zero attached hydrogens (tertiary/aromatic N) is 2. The van der Waals surface area contributed by atoms with Gasteiger partial charge < -0.3 is 10.2 Å². The normalized spacial score (nSPS) is 24.5. The molecule has 0 aliphatic carbocycles. The van der Waals surface area contributed by atoms with Gasteiger partial charge in [-0.15, -0.1) is 0 Å². The lowest BCUT2D eigenvalue weighted by molar-refractivity contribution is -0.126. The summed E-state index contributed by atoms with van der Waals surface area (Å²) in [5.41, 5.74) is 0.921. The van der Waals surface area contributed by atoms with Crippen molar-refractivity contribution in [1.29, 1.82) is 0 Å². The first-order valence-corrected chi connectivity index (χ1v) is 12.3. The van der Waals surface area contributed by atoms with Crippen LogP contribution in [0, 0.1) is 5.92 Å². The molecule has 6 nitrogen and oxygen atoms in total. The van der Waals surface area contributed by atoms with Crippen LogP contribution in [-0.4, -0.2) is 74.9 Å². The number of hydrogen-bond acceptors (Lipinski definition) is 5. The van der Waals surface area contributed by atoms with Crippen LogP contribution < -0.4 is 5.32 Å². The zero-order valence-electron chi connectivity index (χ0n) is 16.8. The van der Waals surface area contributed by atoms with Gasteiger partial charge in [0.05, 0.1) is 11.5 Å². The van der Waals surface area contributed by atoms with Gasteiger partial charge in [0.1, 0.15) is 6.04 Å². The Bertz CT molecular complexity index is 725. The molecule has 156 valence electrons. The molecule has 0 radical (unpaired) electrons. The summed E-state index contributed by atoms with van der Waals surface area (Å²) in [4.78, 5) is 17.5. The lowest BCUT2D eigenvalue weighted by Crippen LogP contribution is -2.48. The molecule has 1 N–H and O–H groups in total. The van der Waals surface area contributed by atoms with Crippen LogP contribution in [-0.2, 0) is 14.6 Å². The van der Waals surface area contributed by atoms with Crippen LogP contribution in [0.5, 0.6) is 0 Å². The molecule has 2 fully saturated rings. The van der Waals surface area contributed by atoms with E-state index in [4.69, 9.17) is 0 Å². The quantitative estimate of drug-likeness (QED) is 0.697. The van der Waals surface area contributed by atoms with Crippen LogP contribution in [0.2, 0.25) is 0 Å². The van der Waals surface area contributed by atoms with E-state index in [-0.39, 0.29) is 17.4 Å². The van der Waals surface area contributed by atoms with E-state index in [1.54, 1.807) is 0 Å². The smallest absolute Gasteiger partial charge is 0.241 e. The summed E-state index contributed by atoms with van der Waals surface area (Å²) < 4.78 is 23.6.